The Morgan fingerprint density at radius 1 is 1.16 bits per heavy atom. The van der Waals surface area contributed by atoms with Crippen molar-refractivity contribution in [1.82, 2.24) is 15.0 Å². The molecule has 0 amide bonds. The highest BCUT2D eigenvalue weighted by Crippen LogP contribution is 2.27. The van der Waals surface area contributed by atoms with Crippen LogP contribution in [0.2, 0.25) is 0 Å². The summed E-state index contributed by atoms with van der Waals surface area (Å²) >= 11 is 3.55. The SMILES string of the molecule is BrCCN(c1ccc2nccnc2n1)C1CCCC1. The van der Waals surface area contributed by atoms with Crippen molar-refractivity contribution in [2.45, 2.75) is 31.7 Å². The van der Waals surface area contributed by atoms with Crippen molar-refractivity contribution in [2.75, 3.05) is 16.8 Å². The van der Waals surface area contributed by atoms with Crippen LogP contribution in [-0.4, -0.2) is 32.9 Å². The zero-order chi connectivity index (χ0) is 13.1. The standard InChI is InChI=1S/C14H17BrN4/c15-7-10-19(11-3-1-2-4-11)13-6-5-12-14(18-13)17-9-8-16-12/h5-6,8-9,11H,1-4,7,10H2. The lowest BCUT2D eigenvalue weighted by Gasteiger charge is -2.29. The molecule has 0 N–H and O–H groups in total. The normalized spacial score (nSPS) is 16.1. The fourth-order valence-corrected chi connectivity index (χ4v) is 3.18. The van der Waals surface area contributed by atoms with Crippen LogP contribution in [0.4, 0.5) is 5.82 Å². The van der Waals surface area contributed by atoms with E-state index in [0.717, 1.165) is 28.9 Å². The van der Waals surface area contributed by atoms with Crippen LogP contribution in [0, 0.1) is 0 Å². The Bertz CT molecular complexity index is 554. The fraction of sp³-hybridized carbons (Fsp3) is 0.500. The Labute approximate surface area is 121 Å². The van der Waals surface area contributed by atoms with Crippen molar-refractivity contribution in [3.8, 4) is 0 Å². The summed E-state index contributed by atoms with van der Waals surface area (Å²) in [5.41, 5.74) is 1.59. The van der Waals surface area contributed by atoms with Crippen molar-refractivity contribution in [3.05, 3.63) is 24.5 Å². The number of aromatic nitrogens is 3. The summed E-state index contributed by atoms with van der Waals surface area (Å²) < 4.78 is 0. The molecule has 2 aromatic rings. The van der Waals surface area contributed by atoms with E-state index >= 15 is 0 Å². The quantitative estimate of drug-likeness (QED) is 0.811. The van der Waals surface area contributed by atoms with Crippen molar-refractivity contribution in [3.63, 3.8) is 0 Å². The molecule has 0 aromatic carbocycles. The molecule has 0 saturated heterocycles. The first-order chi connectivity index (χ1) is 9.38. The monoisotopic (exact) mass is 320 g/mol. The maximum Gasteiger partial charge on any atom is 0.180 e. The van der Waals surface area contributed by atoms with Crippen LogP contribution in [0.5, 0.6) is 0 Å². The highest BCUT2D eigenvalue weighted by atomic mass is 79.9. The van der Waals surface area contributed by atoms with Gasteiger partial charge >= 0.3 is 0 Å². The Morgan fingerprint density at radius 3 is 2.74 bits per heavy atom. The summed E-state index contributed by atoms with van der Waals surface area (Å²) in [5, 5.41) is 0.962. The number of pyridine rings is 1. The van der Waals surface area contributed by atoms with Crippen molar-refractivity contribution >= 4 is 32.9 Å². The lowest BCUT2D eigenvalue weighted by molar-refractivity contribution is 0.616. The van der Waals surface area contributed by atoms with Gasteiger partial charge in [0, 0.05) is 30.3 Å². The molecule has 1 saturated carbocycles. The Balaban J connectivity index is 1.94. The van der Waals surface area contributed by atoms with Crippen LogP contribution in [0.3, 0.4) is 0 Å². The summed E-state index contributed by atoms with van der Waals surface area (Å²) in [5.74, 6) is 1.03. The van der Waals surface area contributed by atoms with Gasteiger partial charge in [0.05, 0.1) is 0 Å². The van der Waals surface area contributed by atoms with Crippen LogP contribution in [-0.2, 0) is 0 Å². The number of halogens is 1. The fourth-order valence-electron chi connectivity index (χ4n) is 2.80. The average Bonchev–Trinajstić information content (AvgIpc) is 2.98. The summed E-state index contributed by atoms with van der Waals surface area (Å²) in [6.07, 6.45) is 8.61. The van der Waals surface area contributed by atoms with Gasteiger partial charge in [-0.3, -0.25) is 4.98 Å². The van der Waals surface area contributed by atoms with Gasteiger partial charge in [0.25, 0.3) is 0 Å². The van der Waals surface area contributed by atoms with Crippen LogP contribution in [0.15, 0.2) is 24.5 Å². The second-order valence-electron chi connectivity index (χ2n) is 4.89. The van der Waals surface area contributed by atoms with E-state index < -0.39 is 0 Å². The molecule has 100 valence electrons. The Hall–Kier alpha value is -1.23. The van der Waals surface area contributed by atoms with E-state index in [0.29, 0.717) is 6.04 Å². The minimum absolute atomic E-state index is 0.624. The number of nitrogens with zero attached hydrogens (tertiary/aromatic N) is 4. The zero-order valence-corrected chi connectivity index (χ0v) is 12.4. The maximum absolute atomic E-state index is 4.67. The molecular formula is C14H17BrN4. The average molecular weight is 321 g/mol. The molecule has 2 aromatic heterocycles. The molecule has 0 radical (unpaired) electrons. The van der Waals surface area contributed by atoms with E-state index in [2.05, 4.69) is 41.8 Å². The third kappa shape index (κ3) is 2.71. The minimum atomic E-state index is 0.624. The van der Waals surface area contributed by atoms with Crippen LogP contribution in [0.25, 0.3) is 11.2 Å². The molecule has 5 heteroatoms. The van der Waals surface area contributed by atoms with E-state index in [1.807, 2.05) is 6.07 Å². The highest BCUT2D eigenvalue weighted by Gasteiger charge is 2.23. The van der Waals surface area contributed by atoms with E-state index in [-0.39, 0.29) is 0 Å². The second kappa shape index (κ2) is 5.82. The number of anilines is 1. The molecule has 2 heterocycles. The predicted octanol–water partition coefficient (Wildman–Crippen LogP) is 3.17. The van der Waals surface area contributed by atoms with Crippen LogP contribution in [0.1, 0.15) is 25.7 Å². The molecule has 1 aliphatic rings. The highest BCUT2D eigenvalue weighted by molar-refractivity contribution is 9.09. The molecule has 0 bridgehead atoms. The Kier molecular flexibility index (Phi) is 3.92. The summed E-state index contributed by atoms with van der Waals surface area (Å²) in [6, 6.07) is 4.71. The summed E-state index contributed by atoms with van der Waals surface area (Å²) in [4.78, 5) is 15.7. The molecular weight excluding hydrogens is 304 g/mol. The largest absolute Gasteiger partial charge is 0.353 e. The smallest absolute Gasteiger partial charge is 0.180 e. The molecule has 0 spiro atoms. The lowest BCUT2D eigenvalue weighted by atomic mass is 10.2. The molecule has 3 rings (SSSR count). The minimum Gasteiger partial charge on any atom is -0.353 e. The Morgan fingerprint density at radius 2 is 1.95 bits per heavy atom. The molecule has 0 aliphatic heterocycles. The van der Waals surface area contributed by atoms with Gasteiger partial charge in [-0.15, -0.1) is 0 Å². The molecule has 0 unspecified atom stereocenters. The van der Waals surface area contributed by atoms with Gasteiger partial charge in [-0.25, -0.2) is 9.97 Å². The third-order valence-corrected chi connectivity index (χ3v) is 4.06. The summed E-state index contributed by atoms with van der Waals surface area (Å²) in [7, 11) is 0. The van der Waals surface area contributed by atoms with E-state index in [9.17, 15) is 0 Å². The van der Waals surface area contributed by atoms with Gasteiger partial charge in [0.2, 0.25) is 0 Å². The first-order valence-corrected chi connectivity index (χ1v) is 7.91. The van der Waals surface area contributed by atoms with Crippen LogP contribution >= 0.6 is 15.9 Å². The number of alkyl halides is 1. The van der Waals surface area contributed by atoms with E-state index in [1.54, 1.807) is 12.4 Å². The number of hydrogen-bond donors (Lipinski definition) is 0. The predicted molar refractivity (Wildman–Crippen MR) is 80.7 cm³/mol. The number of rotatable bonds is 4. The van der Waals surface area contributed by atoms with Gasteiger partial charge < -0.3 is 4.90 Å². The molecule has 1 fully saturated rings. The topological polar surface area (TPSA) is 41.9 Å². The molecule has 0 atom stereocenters. The zero-order valence-electron chi connectivity index (χ0n) is 10.8. The summed E-state index contributed by atoms with van der Waals surface area (Å²) in [6.45, 7) is 0.990. The van der Waals surface area contributed by atoms with Crippen molar-refractivity contribution in [2.24, 2.45) is 0 Å². The number of fused-ring (bicyclic) bond motifs is 1. The van der Waals surface area contributed by atoms with Crippen LogP contribution < -0.4 is 4.90 Å². The third-order valence-electron chi connectivity index (χ3n) is 3.70. The number of hydrogen-bond acceptors (Lipinski definition) is 4. The molecule has 19 heavy (non-hydrogen) atoms. The van der Waals surface area contributed by atoms with Gasteiger partial charge in [-0.2, -0.15) is 0 Å². The van der Waals surface area contributed by atoms with Crippen molar-refractivity contribution < 1.29 is 0 Å². The van der Waals surface area contributed by atoms with Crippen molar-refractivity contribution in [1.29, 1.82) is 0 Å². The second-order valence-corrected chi connectivity index (χ2v) is 5.68. The van der Waals surface area contributed by atoms with Gasteiger partial charge in [-0.1, -0.05) is 28.8 Å². The molecule has 1 aliphatic carbocycles. The molecule has 4 nitrogen and oxygen atoms in total. The van der Waals surface area contributed by atoms with Gasteiger partial charge in [0.1, 0.15) is 11.3 Å². The van der Waals surface area contributed by atoms with Gasteiger partial charge in [0.15, 0.2) is 5.65 Å². The van der Waals surface area contributed by atoms with E-state index in [4.69, 9.17) is 0 Å². The van der Waals surface area contributed by atoms with Gasteiger partial charge in [-0.05, 0) is 25.0 Å². The first kappa shape index (κ1) is 12.8. The first-order valence-electron chi connectivity index (χ1n) is 6.79. The maximum atomic E-state index is 4.67. The van der Waals surface area contributed by atoms with E-state index in [1.165, 1.54) is 25.7 Å². The lowest BCUT2D eigenvalue weighted by Crippen LogP contribution is -2.35.